The van der Waals surface area contributed by atoms with Gasteiger partial charge in [0.15, 0.2) is 0 Å². The molecule has 1 fully saturated rings. The molecule has 0 aliphatic carbocycles. The van der Waals surface area contributed by atoms with Gasteiger partial charge in [-0.05, 0) is 44.2 Å². The Bertz CT molecular complexity index is 795. The first-order valence-electron chi connectivity index (χ1n) is 7.68. The summed E-state index contributed by atoms with van der Waals surface area (Å²) in [7, 11) is -3.08. The Labute approximate surface area is 141 Å². The Morgan fingerprint density at radius 3 is 2.78 bits per heavy atom. The number of pyridine rings is 1. The monoisotopic (exact) mass is 351 g/mol. The van der Waals surface area contributed by atoms with E-state index in [-0.39, 0.29) is 0 Å². The Morgan fingerprint density at radius 1 is 1.39 bits per heavy atom. The van der Waals surface area contributed by atoms with Crippen molar-refractivity contribution >= 4 is 21.4 Å². The molecule has 0 saturated carbocycles. The number of thiazole rings is 1. The molecule has 0 aromatic carbocycles. The van der Waals surface area contributed by atoms with Gasteiger partial charge in [-0.15, -0.1) is 11.3 Å². The molecule has 0 radical (unpaired) electrons. The van der Waals surface area contributed by atoms with Gasteiger partial charge in [-0.3, -0.25) is 4.98 Å². The van der Waals surface area contributed by atoms with Crippen LogP contribution in [0, 0.1) is 19.8 Å². The number of hydrogen-bond donors (Lipinski definition) is 0. The number of sulfonamides is 1. The normalized spacial score (nSPS) is 19.3. The topological polar surface area (TPSA) is 63.2 Å². The van der Waals surface area contributed by atoms with E-state index < -0.39 is 10.0 Å². The van der Waals surface area contributed by atoms with E-state index in [1.807, 2.05) is 13.0 Å². The maximum Gasteiger partial charge on any atom is 0.211 e. The molecular weight excluding hydrogens is 330 g/mol. The Kier molecular flexibility index (Phi) is 4.53. The van der Waals surface area contributed by atoms with Crippen molar-refractivity contribution in [1.82, 2.24) is 14.3 Å². The first-order valence-corrected chi connectivity index (χ1v) is 10.3. The zero-order valence-electron chi connectivity index (χ0n) is 13.6. The minimum atomic E-state index is -3.08. The lowest BCUT2D eigenvalue weighted by Gasteiger charge is -2.14. The highest BCUT2D eigenvalue weighted by molar-refractivity contribution is 7.88. The molecule has 0 N–H and O–H groups in total. The molecule has 5 nitrogen and oxygen atoms in total. The molecule has 0 unspecified atom stereocenters. The van der Waals surface area contributed by atoms with Crippen molar-refractivity contribution in [2.24, 2.45) is 5.92 Å². The summed E-state index contributed by atoms with van der Waals surface area (Å²) in [6, 6.07) is 4.02. The van der Waals surface area contributed by atoms with Gasteiger partial charge < -0.3 is 0 Å². The second kappa shape index (κ2) is 6.30. The Hall–Kier alpha value is -1.31. The average Bonchev–Trinajstić information content (AvgIpc) is 3.07. The number of aromatic nitrogens is 2. The summed E-state index contributed by atoms with van der Waals surface area (Å²) in [6.07, 6.45) is 4.82. The zero-order chi connectivity index (χ0) is 16.6. The standard InChI is InChI=1S/C16H21N3O2S2/c1-11-12(2)22-16(18-11)15-14(5-4-7-17-15)9-13-6-8-19(10-13)23(3,20)21/h4-5,7,13H,6,8-10H2,1-3H3/t13-/m1/s1. The first-order chi connectivity index (χ1) is 10.8. The molecule has 1 aliphatic heterocycles. The third-order valence-corrected chi connectivity index (χ3v) is 6.70. The molecule has 1 saturated heterocycles. The quantitative estimate of drug-likeness (QED) is 0.849. The first kappa shape index (κ1) is 16.5. The Balaban J connectivity index is 1.82. The molecular formula is C16H21N3O2S2. The van der Waals surface area contributed by atoms with E-state index >= 15 is 0 Å². The number of nitrogens with zero attached hydrogens (tertiary/aromatic N) is 3. The van der Waals surface area contributed by atoms with Crippen LogP contribution in [-0.4, -0.2) is 42.0 Å². The third kappa shape index (κ3) is 3.62. The van der Waals surface area contributed by atoms with Crippen LogP contribution in [0.15, 0.2) is 18.3 Å². The van der Waals surface area contributed by atoms with Gasteiger partial charge >= 0.3 is 0 Å². The summed E-state index contributed by atoms with van der Waals surface area (Å²) < 4.78 is 24.9. The number of hydrogen-bond acceptors (Lipinski definition) is 5. The van der Waals surface area contributed by atoms with Crippen LogP contribution in [0.25, 0.3) is 10.7 Å². The summed E-state index contributed by atoms with van der Waals surface area (Å²) in [5.41, 5.74) is 3.14. The van der Waals surface area contributed by atoms with Crippen LogP contribution in [0.1, 0.15) is 22.6 Å². The van der Waals surface area contributed by atoms with Crippen LogP contribution in [0.4, 0.5) is 0 Å². The smallest absolute Gasteiger partial charge is 0.211 e. The van der Waals surface area contributed by atoms with Crippen LogP contribution in [0.5, 0.6) is 0 Å². The molecule has 3 rings (SSSR count). The summed E-state index contributed by atoms with van der Waals surface area (Å²) >= 11 is 1.66. The largest absolute Gasteiger partial charge is 0.253 e. The summed E-state index contributed by atoms with van der Waals surface area (Å²) in [6.45, 7) is 5.30. The van der Waals surface area contributed by atoms with E-state index in [1.54, 1.807) is 21.8 Å². The van der Waals surface area contributed by atoms with Crippen molar-refractivity contribution in [3.8, 4) is 10.7 Å². The van der Waals surface area contributed by atoms with Gasteiger partial charge in [0, 0.05) is 24.2 Å². The fourth-order valence-electron chi connectivity index (χ4n) is 2.95. The highest BCUT2D eigenvalue weighted by Gasteiger charge is 2.29. The van der Waals surface area contributed by atoms with Crippen molar-refractivity contribution in [3.05, 3.63) is 34.5 Å². The van der Waals surface area contributed by atoms with E-state index in [0.717, 1.165) is 34.8 Å². The van der Waals surface area contributed by atoms with Crippen LogP contribution in [-0.2, 0) is 16.4 Å². The Morgan fingerprint density at radius 2 is 2.17 bits per heavy atom. The van der Waals surface area contributed by atoms with E-state index in [2.05, 4.69) is 23.0 Å². The summed E-state index contributed by atoms with van der Waals surface area (Å²) in [5, 5.41) is 0.952. The predicted octanol–water partition coefficient (Wildman–Crippen LogP) is 2.65. The molecule has 1 atom stereocenters. The minimum Gasteiger partial charge on any atom is -0.253 e. The molecule has 2 aromatic heterocycles. The van der Waals surface area contributed by atoms with Crippen LogP contribution in [0.2, 0.25) is 0 Å². The van der Waals surface area contributed by atoms with Crippen molar-refractivity contribution in [2.45, 2.75) is 26.7 Å². The van der Waals surface area contributed by atoms with E-state index in [4.69, 9.17) is 0 Å². The summed E-state index contributed by atoms with van der Waals surface area (Å²) in [4.78, 5) is 10.4. The van der Waals surface area contributed by atoms with Crippen molar-refractivity contribution in [2.75, 3.05) is 19.3 Å². The fraction of sp³-hybridized carbons (Fsp3) is 0.500. The van der Waals surface area contributed by atoms with E-state index in [1.165, 1.54) is 11.1 Å². The molecule has 23 heavy (non-hydrogen) atoms. The lowest BCUT2D eigenvalue weighted by atomic mass is 9.98. The van der Waals surface area contributed by atoms with Crippen LogP contribution in [0.3, 0.4) is 0 Å². The third-order valence-electron chi connectivity index (χ3n) is 4.35. The lowest BCUT2D eigenvalue weighted by molar-refractivity contribution is 0.460. The van der Waals surface area contributed by atoms with Gasteiger partial charge in [0.25, 0.3) is 0 Å². The highest BCUT2D eigenvalue weighted by Crippen LogP contribution is 2.31. The molecule has 1 aliphatic rings. The fourth-order valence-corrected chi connectivity index (χ4v) is 4.81. The average molecular weight is 351 g/mol. The number of aryl methyl sites for hydroxylation is 2. The van der Waals surface area contributed by atoms with Gasteiger partial charge in [-0.1, -0.05) is 6.07 Å². The molecule has 124 valence electrons. The van der Waals surface area contributed by atoms with Crippen LogP contribution >= 0.6 is 11.3 Å². The SMILES string of the molecule is Cc1nc(-c2ncccc2C[C@H]2CCN(S(C)(=O)=O)C2)sc1C. The van der Waals surface area contributed by atoms with Gasteiger partial charge in [0.2, 0.25) is 10.0 Å². The minimum absolute atomic E-state index is 0.342. The van der Waals surface area contributed by atoms with Crippen LogP contribution < -0.4 is 0 Å². The van der Waals surface area contributed by atoms with E-state index in [0.29, 0.717) is 19.0 Å². The van der Waals surface area contributed by atoms with Gasteiger partial charge in [0.05, 0.1) is 11.9 Å². The second-order valence-corrected chi connectivity index (χ2v) is 9.34. The number of rotatable bonds is 4. The van der Waals surface area contributed by atoms with Crippen molar-refractivity contribution in [1.29, 1.82) is 0 Å². The lowest BCUT2D eigenvalue weighted by Crippen LogP contribution is -2.27. The maximum absolute atomic E-state index is 11.7. The highest BCUT2D eigenvalue weighted by atomic mass is 32.2. The maximum atomic E-state index is 11.7. The van der Waals surface area contributed by atoms with Crippen molar-refractivity contribution < 1.29 is 8.42 Å². The molecule has 0 amide bonds. The van der Waals surface area contributed by atoms with Crippen molar-refractivity contribution in [3.63, 3.8) is 0 Å². The zero-order valence-corrected chi connectivity index (χ0v) is 15.2. The molecule has 2 aromatic rings. The molecule has 0 bridgehead atoms. The molecule has 7 heteroatoms. The van der Waals surface area contributed by atoms with E-state index in [9.17, 15) is 8.42 Å². The van der Waals surface area contributed by atoms with Gasteiger partial charge in [-0.25, -0.2) is 17.7 Å². The van der Waals surface area contributed by atoms with Gasteiger partial charge in [-0.2, -0.15) is 0 Å². The molecule has 0 spiro atoms. The molecule has 3 heterocycles. The second-order valence-electron chi connectivity index (χ2n) is 6.15. The predicted molar refractivity (Wildman–Crippen MR) is 93.0 cm³/mol. The van der Waals surface area contributed by atoms with Gasteiger partial charge in [0.1, 0.15) is 10.7 Å². The summed E-state index contributed by atoms with van der Waals surface area (Å²) in [5.74, 6) is 0.342.